The minimum absolute atomic E-state index is 0.843. The van der Waals surface area contributed by atoms with Gasteiger partial charge in [0.05, 0.1) is 0 Å². The third-order valence-electron chi connectivity index (χ3n) is 2.97. The van der Waals surface area contributed by atoms with Crippen molar-refractivity contribution in [2.45, 2.75) is 19.3 Å². The Labute approximate surface area is 91.1 Å². The Morgan fingerprint density at radius 2 is 2.60 bits per heavy atom. The summed E-state index contributed by atoms with van der Waals surface area (Å²) in [7, 11) is 1.94. The smallest absolute Gasteiger partial charge is 0.147 e. The fourth-order valence-electron chi connectivity index (χ4n) is 2.08. The molecule has 1 unspecified atom stereocenters. The van der Waals surface area contributed by atoms with Crippen LogP contribution in [0.25, 0.3) is 0 Å². The highest BCUT2D eigenvalue weighted by atomic mass is 15.3. The van der Waals surface area contributed by atoms with E-state index in [2.05, 4.69) is 15.7 Å². The molecule has 2 N–H and O–H groups in total. The predicted octanol–water partition coefficient (Wildman–Crippen LogP) is 1.22. The fourth-order valence-corrected chi connectivity index (χ4v) is 2.08. The highest BCUT2D eigenvalue weighted by Gasteiger charge is 2.11. The zero-order chi connectivity index (χ0) is 10.5. The molecule has 0 radical (unpaired) electrons. The highest BCUT2D eigenvalue weighted by Crippen LogP contribution is 2.13. The van der Waals surface area contributed by atoms with Crippen LogP contribution in [0.3, 0.4) is 0 Å². The summed E-state index contributed by atoms with van der Waals surface area (Å²) in [6, 6.07) is 2.01. The number of nitrogens with zero attached hydrogens (tertiary/aromatic N) is 2. The summed E-state index contributed by atoms with van der Waals surface area (Å²) < 4.78 is 1.82. The van der Waals surface area contributed by atoms with Crippen LogP contribution in [0.2, 0.25) is 0 Å². The zero-order valence-corrected chi connectivity index (χ0v) is 9.37. The third-order valence-corrected chi connectivity index (χ3v) is 2.97. The van der Waals surface area contributed by atoms with Crippen LogP contribution in [-0.2, 0) is 7.05 Å². The number of hydrogen-bond acceptors (Lipinski definition) is 3. The van der Waals surface area contributed by atoms with Crippen LogP contribution in [0, 0.1) is 5.92 Å². The summed E-state index contributed by atoms with van der Waals surface area (Å²) in [5.74, 6) is 1.83. The third kappa shape index (κ3) is 3.23. The van der Waals surface area contributed by atoms with E-state index in [1.54, 1.807) is 0 Å². The second kappa shape index (κ2) is 5.16. The molecule has 2 heterocycles. The van der Waals surface area contributed by atoms with Gasteiger partial charge in [-0.05, 0) is 38.3 Å². The van der Waals surface area contributed by atoms with Gasteiger partial charge in [0.1, 0.15) is 5.82 Å². The highest BCUT2D eigenvalue weighted by molar-refractivity contribution is 5.31. The average Bonchev–Trinajstić information content (AvgIpc) is 2.66. The van der Waals surface area contributed by atoms with E-state index in [0.717, 1.165) is 18.3 Å². The lowest BCUT2D eigenvalue weighted by molar-refractivity contribution is 0.364. The first-order valence-electron chi connectivity index (χ1n) is 5.79. The van der Waals surface area contributed by atoms with Gasteiger partial charge in [0.2, 0.25) is 0 Å². The molecule has 84 valence electrons. The van der Waals surface area contributed by atoms with Crippen LogP contribution in [0.1, 0.15) is 19.3 Å². The second-order valence-electron chi connectivity index (χ2n) is 4.30. The van der Waals surface area contributed by atoms with Crippen molar-refractivity contribution in [3.63, 3.8) is 0 Å². The minimum Gasteiger partial charge on any atom is -0.369 e. The molecule has 1 aliphatic heterocycles. The molecule has 0 spiro atoms. The predicted molar refractivity (Wildman–Crippen MR) is 61.9 cm³/mol. The molecule has 2 rings (SSSR count). The lowest BCUT2D eigenvalue weighted by atomic mass is 9.96. The van der Waals surface area contributed by atoms with Gasteiger partial charge in [-0.1, -0.05) is 0 Å². The molecule has 4 nitrogen and oxygen atoms in total. The van der Waals surface area contributed by atoms with Crippen molar-refractivity contribution in [1.29, 1.82) is 0 Å². The molecule has 0 saturated carbocycles. The molecule has 1 fully saturated rings. The summed E-state index contributed by atoms with van der Waals surface area (Å²) in [5.41, 5.74) is 0. The van der Waals surface area contributed by atoms with Crippen LogP contribution in [0.4, 0.5) is 5.82 Å². The molecular weight excluding hydrogens is 188 g/mol. The lowest BCUT2D eigenvalue weighted by Crippen LogP contribution is -2.30. The van der Waals surface area contributed by atoms with Crippen molar-refractivity contribution in [2.75, 3.05) is 25.0 Å². The van der Waals surface area contributed by atoms with Gasteiger partial charge in [0.15, 0.2) is 0 Å². The molecular formula is C11H20N4. The monoisotopic (exact) mass is 208 g/mol. The molecule has 1 aromatic heterocycles. The Balaban J connectivity index is 1.65. The van der Waals surface area contributed by atoms with E-state index >= 15 is 0 Å². The van der Waals surface area contributed by atoms with Crippen molar-refractivity contribution in [3.05, 3.63) is 12.3 Å². The van der Waals surface area contributed by atoms with E-state index in [1.165, 1.54) is 32.4 Å². The molecule has 1 aliphatic rings. The van der Waals surface area contributed by atoms with Crippen LogP contribution in [-0.4, -0.2) is 29.4 Å². The first-order chi connectivity index (χ1) is 7.34. The number of hydrogen-bond donors (Lipinski definition) is 2. The molecule has 1 saturated heterocycles. The van der Waals surface area contributed by atoms with Crippen molar-refractivity contribution < 1.29 is 0 Å². The van der Waals surface area contributed by atoms with Crippen molar-refractivity contribution in [1.82, 2.24) is 15.1 Å². The molecule has 0 aromatic carbocycles. The summed E-state index contributed by atoms with van der Waals surface area (Å²) in [5, 5.41) is 11.1. The van der Waals surface area contributed by atoms with Crippen LogP contribution in [0.5, 0.6) is 0 Å². The number of aromatic nitrogens is 2. The molecule has 4 heteroatoms. The summed E-state index contributed by atoms with van der Waals surface area (Å²) in [4.78, 5) is 0. The van der Waals surface area contributed by atoms with Gasteiger partial charge in [-0.2, -0.15) is 5.10 Å². The average molecular weight is 208 g/mol. The molecule has 0 bridgehead atoms. The Morgan fingerprint density at radius 1 is 1.67 bits per heavy atom. The summed E-state index contributed by atoms with van der Waals surface area (Å²) in [6.45, 7) is 3.41. The topological polar surface area (TPSA) is 41.9 Å². The quantitative estimate of drug-likeness (QED) is 0.782. The Kier molecular flexibility index (Phi) is 3.61. The first kappa shape index (κ1) is 10.5. The summed E-state index contributed by atoms with van der Waals surface area (Å²) >= 11 is 0. The molecule has 1 atom stereocenters. The van der Waals surface area contributed by atoms with E-state index in [0.29, 0.717) is 0 Å². The normalized spacial score (nSPS) is 21.5. The van der Waals surface area contributed by atoms with E-state index in [4.69, 9.17) is 0 Å². The van der Waals surface area contributed by atoms with Gasteiger partial charge < -0.3 is 10.6 Å². The number of rotatable bonds is 4. The maximum absolute atomic E-state index is 4.28. The number of nitrogens with one attached hydrogen (secondary N) is 2. The lowest BCUT2D eigenvalue weighted by Gasteiger charge is -2.22. The van der Waals surface area contributed by atoms with Gasteiger partial charge in [0, 0.05) is 25.9 Å². The number of piperidine rings is 1. The van der Waals surface area contributed by atoms with E-state index in [1.807, 2.05) is 24.0 Å². The van der Waals surface area contributed by atoms with E-state index in [9.17, 15) is 0 Å². The van der Waals surface area contributed by atoms with Crippen molar-refractivity contribution in [2.24, 2.45) is 13.0 Å². The van der Waals surface area contributed by atoms with Crippen molar-refractivity contribution >= 4 is 5.82 Å². The van der Waals surface area contributed by atoms with Gasteiger partial charge >= 0.3 is 0 Å². The van der Waals surface area contributed by atoms with Gasteiger partial charge in [-0.25, -0.2) is 0 Å². The SMILES string of the molecule is Cn1ccc(NCCC2CCCNC2)n1. The molecule has 0 amide bonds. The fraction of sp³-hybridized carbons (Fsp3) is 0.727. The second-order valence-corrected chi connectivity index (χ2v) is 4.30. The Morgan fingerprint density at radius 3 is 3.27 bits per heavy atom. The van der Waals surface area contributed by atoms with E-state index in [-0.39, 0.29) is 0 Å². The maximum Gasteiger partial charge on any atom is 0.147 e. The maximum atomic E-state index is 4.28. The van der Waals surface area contributed by atoms with Gasteiger partial charge in [-0.3, -0.25) is 4.68 Å². The standard InChI is InChI=1S/C11H20N4/c1-15-8-5-11(14-15)13-7-4-10-3-2-6-12-9-10/h5,8,10,12H,2-4,6-7,9H2,1H3,(H,13,14). The van der Waals surface area contributed by atoms with Crippen LogP contribution in [0.15, 0.2) is 12.3 Å². The largest absolute Gasteiger partial charge is 0.369 e. The minimum atomic E-state index is 0.843. The molecule has 1 aromatic rings. The molecule has 0 aliphatic carbocycles. The van der Waals surface area contributed by atoms with Crippen LogP contribution < -0.4 is 10.6 Å². The van der Waals surface area contributed by atoms with Crippen LogP contribution >= 0.6 is 0 Å². The van der Waals surface area contributed by atoms with Gasteiger partial charge in [-0.15, -0.1) is 0 Å². The van der Waals surface area contributed by atoms with Crippen molar-refractivity contribution in [3.8, 4) is 0 Å². The number of anilines is 1. The van der Waals surface area contributed by atoms with E-state index < -0.39 is 0 Å². The zero-order valence-electron chi connectivity index (χ0n) is 9.37. The number of aryl methyl sites for hydroxylation is 1. The van der Waals surface area contributed by atoms with Gasteiger partial charge in [0.25, 0.3) is 0 Å². The first-order valence-corrected chi connectivity index (χ1v) is 5.79. The Hall–Kier alpha value is -1.03. The summed E-state index contributed by atoms with van der Waals surface area (Å²) in [6.07, 6.45) is 5.90. The molecule has 15 heavy (non-hydrogen) atoms. The Bertz CT molecular complexity index is 289.